The lowest BCUT2D eigenvalue weighted by Crippen LogP contribution is -2.40. The minimum absolute atomic E-state index is 0.00185. The second kappa shape index (κ2) is 3.26. The van der Waals surface area contributed by atoms with Crippen LogP contribution in [0.3, 0.4) is 0 Å². The van der Waals surface area contributed by atoms with Crippen molar-refractivity contribution in [3.05, 3.63) is 0 Å². The topological polar surface area (TPSA) is 80.7 Å². The molecule has 0 radical (unpaired) electrons. The van der Waals surface area contributed by atoms with Crippen LogP contribution >= 0.6 is 0 Å². The van der Waals surface area contributed by atoms with Crippen LogP contribution in [-0.4, -0.2) is 43.7 Å². The van der Waals surface area contributed by atoms with Crippen molar-refractivity contribution < 1.29 is 23.1 Å². The van der Waals surface area contributed by atoms with E-state index in [1.54, 1.807) is 0 Å². The maximum atomic E-state index is 11.3. The van der Waals surface area contributed by atoms with E-state index in [-0.39, 0.29) is 19.4 Å². The molecule has 0 aromatic heterocycles. The van der Waals surface area contributed by atoms with Crippen LogP contribution in [0.4, 0.5) is 0 Å². The van der Waals surface area contributed by atoms with Crippen molar-refractivity contribution in [1.29, 1.82) is 0 Å². The number of hydrogen-bond donors (Lipinski definition) is 1. The van der Waals surface area contributed by atoms with Crippen molar-refractivity contribution in [2.75, 3.05) is 19.5 Å². The summed E-state index contributed by atoms with van der Waals surface area (Å²) in [6, 6.07) is 0. The molecule has 1 unspecified atom stereocenters. The van der Waals surface area contributed by atoms with E-state index < -0.39 is 20.6 Å². The zero-order chi connectivity index (χ0) is 10.1. The molecular weight excluding hydrogens is 196 g/mol. The Kier molecular flexibility index (Phi) is 2.63. The molecule has 1 heterocycles. The van der Waals surface area contributed by atoms with Crippen LogP contribution < -0.4 is 0 Å². The van der Waals surface area contributed by atoms with Gasteiger partial charge in [0.1, 0.15) is 4.75 Å². The summed E-state index contributed by atoms with van der Waals surface area (Å²) in [5, 5.41) is 8.58. The maximum Gasteiger partial charge on any atom is 0.305 e. The highest BCUT2D eigenvalue weighted by atomic mass is 32.2. The summed E-state index contributed by atoms with van der Waals surface area (Å²) >= 11 is 0. The van der Waals surface area contributed by atoms with Crippen LogP contribution in [0.15, 0.2) is 0 Å². The van der Waals surface area contributed by atoms with Crippen molar-refractivity contribution in [3.8, 4) is 0 Å². The number of sulfone groups is 1. The molecule has 0 bridgehead atoms. The van der Waals surface area contributed by atoms with E-state index in [0.717, 1.165) is 6.26 Å². The lowest BCUT2D eigenvalue weighted by atomic mass is 10.0. The van der Waals surface area contributed by atoms with Crippen LogP contribution in [-0.2, 0) is 19.4 Å². The van der Waals surface area contributed by atoms with Crippen LogP contribution in [0.25, 0.3) is 0 Å². The maximum absolute atomic E-state index is 11.3. The molecule has 5 nitrogen and oxygen atoms in total. The molecule has 0 spiro atoms. The van der Waals surface area contributed by atoms with E-state index in [1.165, 1.54) is 0 Å². The van der Waals surface area contributed by atoms with Crippen molar-refractivity contribution in [3.63, 3.8) is 0 Å². The number of ether oxygens (including phenoxy) is 1. The average molecular weight is 208 g/mol. The minimum Gasteiger partial charge on any atom is -0.481 e. The fraction of sp³-hybridized carbons (Fsp3) is 0.857. The van der Waals surface area contributed by atoms with E-state index >= 15 is 0 Å². The SMILES string of the molecule is CS(=O)(=O)C1(CC(=O)O)CCOC1. The van der Waals surface area contributed by atoms with Crippen LogP contribution in [0.1, 0.15) is 12.8 Å². The molecule has 0 aromatic carbocycles. The van der Waals surface area contributed by atoms with Gasteiger partial charge in [-0.05, 0) is 6.42 Å². The highest BCUT2D eigenvalue weighted by Gasteiger charge is 2.46. The molecule has 1 atom stereocenters. The van der Waals surface area contributed by atoms with E-state index in [2.05, 4.69) is 0 Å². The van der Waals surface area contributed by atoms with Gasteiger partial charge in [-0.15, -0.1) is 0 Å². The first-order chi connectivity index (χ1) is 5.87. The molecule has 0 amide bonds. The third kappa shape index (κ3) is 2.00. The summed E-state index contributed by atoms with van der Waals surface area (Å²) in [4.78, 5) is 10.5. The molecule has 0 aromatic rings. The highest BCUT2D eigenvalue weighted by molar-refractivity contribution is 7.92. The standard InChI is InChI=1S/C7H12O5S/c1-13(10,11)7(4-6(8)9)2-3-12-5-7/h2-5H2,1H3,(H,8,9). The van der Waals surface area contributed by atoms with Gasteiger partial charge in [-0.2, -0.15) is 0 Å². The fourth-order valence-electron chi connectivity index (χ4n) is 1.43. The van der Waals surface area contributed by atoms with Crippen LogP contribution in [0.5, 0.6) is 0 Å². The van der Waals surface area contributed by atoms with Gasteiger partial charge in [0.15, 0.2) is 9.84 Å². The molecule has 1 N–H and O–H groups in total. The minimum atomic E-state index is -3.37. The smallest absolute Gasteiger partial charge is 0.305 e. The quantitative estimate of drug-likeness (QED) is 0.686. The Balaban J connectivity index is 2.95. The Morgan fingerprint density at radius 2 is 2.23 bits per heavy atom. The fourth-order valence-corrected chi connectivity index (χ4v) is 2.56. The first kappa shape index (κ1) is 10.5. The first-order valence-electron chi connectivity index (χ1n) is 3.87. The number of aliphatic carboxylic acids is 1. The van der Waals surface area contributed by atoms with Gasteiger partial charge in [-0.1, -0.05) is 0 Å². The molecule has 0 aliphatic carbocycles. The van der Waals surface area contributed by atoms with Gasteiger partial charge in [0.25, 0.3) is 0 Å². The summed E-state index contributed by atoms with van der Waals surface area (Å²) in [5.74, 6) is -1.10. The number of hydrogen-bond acceptors (Lipinski definition) is 4. The van der Waals surface area contributed by atoms with Crippen LogP contribution in [0.2, 0.25) is 0 Å². The normalized spacial score (nSPS) is 29.0. The van der Waals surface area contributed by atoms with Crippen molar-refractivity contribution >= 4 is 15.8 Å². The lowest BCUT2D eigenvalue weighted by Gasteiger charge is -2.22. The largest absolute Gasteiger partial charge is 0.481 e. The van der Waals surface area contributed by atoms with Crippen LogP contribution in [0, 0.1) is 0 Å². The highest BCUT2D eigenvalue weighted by Crippen LogP contribution is 2.30. The molecule has 0 saturated carbocycles. The molecular formula is C7H12O5S. The molecule has 13 heavy (non-hydrogen) atoms. The van der Waals surface area contributed by atoms with Gasteiger partial charge in [0.2, 0.25) is 0 Å². The molecule has 1 saturated heterocycles. The summed E-state index contributed by atoms with van der Waals surface area (Å²) in [6.07, 6.45) is 0.967. The second-order valence-electron chi connectivity index (χ2n) is 3.33. The zero-order valence-electron chi connectivity index (χ0n) is 7.32. The molecule has 1 aliphatic rings. The summed E-state index contributed by atoms with van der Waals surface area (Å²) in [7, 11) is -3.37. The lowest BCUT2D eigenvalue weighted by molar-refractivity contribution is -0.137. The number of carbonyl (C=O) groups is 1. The second-order valence-corrected chi connectivity index (χ2v) is 5.74. The van der Waals surface area contributed by atoms with Gasteiger partial charge in [0.05, 0.1) is 13.0 Å². The van der Waals surface area contributed by atoms with Gasteiger partial charge < -0.3 is 9.84 Å². The predicted octanol–water partition coefficient (Wildman–Crippen LogP) is -0.335. The predicted molar refractivity (Wildman–Crippen MR) is 45.3 cm³/mol. The Morgan fingerprint density at radius 3 is 2.54 bits per heavy atom. The zero-order valence-corrected chi connectivity index (χ0v) is 8.13. The molecule has 76 valence electrons. The van der Waals surface area contributed by atoms with Crippen molar-refractivity contribution in [1.82, 2.24) is 0 Å². The van der Waals surface area contributed by atoms with E-state index in [0.29, 0.717) is 6.61 Å². The third-order valence-corrected chi connectivity index (χ3v) is 4.37. The van der Waals surface area contributed by atoms with E-state index in [4.69, 9.17) is 9.84 Å². The Bertz CT molecular complexity index is 299. The summed E-state index contributed by atoms with van der Waals surface area (Å²) < 4.78 is 26.4. The number of carboxylic acids is 1. The van der Waals surface area contributed by atoms with Gasteiger partial charge in [0, 0.05) is 12.9 Å². The summed E-state index contributed by atoms with van der Waals surface area (Å²) in [5.41, 5.74) is 0. The Hall–Kier alpha value is -0.620. The Labute approximate surface area is 76.6 Å². The molecule has 6 heteroatoms. The van der Waals surface area contributed by atoms with Crippen molar-refractivity contribution in [2.45, 2.75) is 17.6 Å². The van der Waals surface area contributed by atoms with E-state index in [1.807, 2.05) is 0 Å². The first-order valence-corrected chi connectivity index (χ1v) is 5.76. The average Bonchev–Trinajstić information content (AvgIpc) is 2.33. The van der Waals surface area contributed by atoms with Gasteiger partial charge >= 0.3 is 5.97 Å². The third-order valence-electron chi connectivity index (χ3n) is 2.33. The van der Waals surface area contributed by atoms with Gasteiger partial charge in [-0.3, -0.25) is 4.79 Å². The molecule has 1 fully saturated rings. The molecule has 1 aliphatic heterocycles. The summed E-state index contributed by atoms with van der Waals surface area (Å²) in [6.45, 7) is 0.318. The van der Waals surface area contributed by atoms with E-state index in [9.17, 15) is 13.2 Å². The molecule has 1 rings (SSSR count). The number of rotatable bonds is 3. The van der Waals surface area contributed by atoms with Gasteiger partial charge in [-0.25, -0.2) is 8.42 Å². The van der Waals surface area contributed by atoms with Crippen molar-refractivity contribution in [2.24, 2.45) is 0 Å². The number of carboxylic acid groups (broad SMARTS) is 1. The monoisotopic (exact) mass is 208 g/mol. The Morgan fingerprint density at radius 1 is 1.62 bits per heavy atom.